The number of aryl methyl sites for hydroxylation is 1. The van der Waals surface area contributed by atoms with E-state index in [0.29, 0.717) is 22.7 Å². The normalized spacial score (nSPS) is 19.8. The van der Waals surface area contributed by atoms with Crippen molar-refractivity contribution in [3.63, 3.8) is 0 Å². The average Bonchev–Trinajstić information content (AvgIpc) is 3.07. The molecule has 1 aromatic carbocycles. The lowest BCUT2D eigenvalue weighted by Gasteiger charge is -2.33. The van der Waals surface area contributed by atoms with E-state index in [1.807, 2.05) is 24.3 Å². The van der Waals surface area contributed by atoms with Gasteiger partial charge in [-0.1, -0.05) is 18.2 Å². The fraction of sp³-hybridized carbons (Fsp3) is 0.304. The molecule has 3 heterocycles. The molecule has 0 spiro atoms. The fourth-order valence-corrected chi connectivity index (χ4v) is 4.08. The SMILES string of the molecule is Cc1cc(C2(c3cccc(OCCCF)c3)NC(N)c3ncccc32)cc(OC(F)F)n1. The van der Waals surface area contributed by atoms with Crippen LogP contribution in [0, 0.1) is 6.92 Å². The second-order valence-corrected chi connectivity index (χ2v) is 7.44. The van der Waals surface area contributed by atoms with Gasteiger partial charge in [0.1, 0.15) is 11.9 Å². The standard InChI is InChI=1S/C23H23F3N4O2/c1-14-11-16(13-19(29-14)32-22(25)26)23(18-7-3-9-28-20(18)21(27)30-23)15-5-2-6-17(12-15)31-10-4-8-24/h2-3,5-7,9,11-13,21-22,30H,4,8,10,27H2,1H3. The summed E-state index contributed by atoms with van der Waals surface area (Å²) in [5, 5.41) is 3.40. The molecule has 0 amide bonds. The highest BCUT2D eigenvalue weighted by Crippen LogP contribution is 2.46. The molecule has 0 saturated carbocycles. The van der Waals surface area contributed by atoms with Gasteiger partial charge in [0.05, 0.1) is 24.5 Å². The summed E-state index contributed by atoms with van der Waals surface area (Å²) in [7, 11) is 0. The Bertz CT molecular complexity index is 1100. The molecule has 9 heteroatoms. The molecule has 2 aromatic heterocycles. The van der Waals surface area contributed by atoms with Crippen LogP contribution in [0.5, 0.6) is 11.6 Å². The molecule has 0 saturated heterocycles. The van der Waals surface area contributed by atoms with Gasteiger partial charge in [-0.2, -0.15) is 8.78 Å². The number of rotatable bonds is 8. The molecular weight excluding hydrogens is 421 g/mol. The van der Waals surface area contributed by atoms with Crippen molar-refractivity contribution < 1.29 is 22.6 Å². The first kappa shape index (κ1) is 22.0. The monoisotopic (exact) mass is 444 g/mol. The van der Waals surface area contributed by atoms with Crippen LogP contribution in [0.1, 0.15) is 40.7 Å². The van der Waals surface area contributed by atoms with Crippen molar-refractivity contribution in [2.24, 2.45) is 5.73 Å². The van der Waals surface area contributed by atoms with Crippen LogP contribution in [-0.2, 0) is 5.54 Å². The molecule has 32 heavy (non-hydrogen) atoms. The molecule has 6 nitrogen and oxygen atoms in total. The smallest absolute Gasteiger partial charge is 0.388 e. The predicted molar refractivity (Wildman–Crippen MR) is 112 cm³/mol. The molecule has 1 aliphatic heterocycles. The van der Waals surface area contributed by atoms with E-state index in [0.717, 1.165) is 11.1 Å². The van der Waals surface area contributed by atoms with Gasteiger partial charge >= 0.3 is 6.61 Å². The van der Waals surface area contributed by atoms with E-state index in [-0.39, 0.29) is 18.9 Å². The number of halogens is 3. The minimum Gasteiger partial charge on any atom is -0.493 e. The summed E-state index contributed by atoms with van der Waals surface area (Å²) in [6, 6.07) is 14.2. The molecule has 4 rings (SSSR count). The minimum atomic E-state index is -3.01. The van der Waals surface area contributed by atoms with E-state index in [2.05, 4.69) is 20.0 Å². The van der Waals surface area contributed by atoms with Gasteiger partial charge < -0.3 is 15.2 Å². The van der Waals surface area contributed by atoms with E-state index in [1.54, 1.807) is 31.3 Å². The summed E-state index contributed by atoms with van der Waals surface area (Å²) in [6.45, 7) is -1.54. The van der Waals surface area contributed by atoms with E-state index < -0.39 is 25.0 Å². The third-order valence-electron chi connectivity index (χ3n) is 5.30. The Labute approximate surface area is 183 Å². The molecule has 0 bridgehead atoms. The number of ether oxygens (including phenoxy) is 2. The summed E-state index contributed by atoms with van der Waals surface area (Å²) in [5.74, 6) is 0.357. The summed E-state index contributed by atoms with van der Waals surface area (Å²) >= 11 is 0. The molecule has 0 aliphatic carbocycles. The van der Waals surface area contributed by atoms with Gasteiger partial charge in [0.15, 0.2) is 0 Å². The van der Waals surface area contributed by atoms with Crippen LogP contribution in [0.25, 0.3) is 0 Å². The lowest BCUT2D eigenvalue weighted by Crippen LogP contribution is -2.42. The predicted octanol–water partition coefficient (Wildman–Crippen LogP) is 3.98. The summed E-state index contributed by atoms with van der Waals surface area (Å²) in [5.41, 5.74) is 8.65. The molecule has 1 aliphatic rings. The van der Waals surface area contributed by atoms with E-state index >= 15 is 0 Å². The number of hydrogen-bond acceptors (Lipinski definition) is 6. The molecule has 168 valence electrons. The van der Waals surface area contributed by atoms with Crippen molar-refractivity contribution in [1.29, 1.82) is 0 Å². The Hall–Kier alpha value is -3.17. The second-order valence-electron chi connectivity index (χ2n) is 7.44. The Morgan fingerprint density at radius 3 is 2.78 bits per heavy atom. The molecular formula is C23H23F3N4O2. The van der Waals surface area contributed by atoms with Crippen molar-refractivity contribution >= 4 is 0 Å². The quantitative estimate of drug-likeness (QED) is 0.512. The third kappa shape index (κ3) is 4.13. The van der Waals surface area contributed by atoms with Crippen molar-refractivity contribution in [2.45, 2.75) is 31.7 Å². The van der Waals surface area contributed by atoms with Crippen LogP contribution >= 0.6 is 0 Å². The zero-order valence-electron chi connectivity index (χ0n) is 17.4. The molecule has 2 unspecified atom stereocenters. The number of alkyl halides is 3. The lowest BCUT2D eigenvalue weighted by atomic mass is 9.78. The molecule has 3 N–H and O–H groups in total. The Morgan fingerprint density at radius 1 is 1.16 bits per heavy atom. The molecule has 0 radical (unpaired) electrons. The number of pyridine rings is 2. The highest BCUT2D eigenvalue weighted by molar-refractivity contribution is 5.56. The van der Waals surface area contributed by atoms with Crippen LogP contribution < -0.4 is 20.5 Å². The topological polar surface area (TPSA) is 82.3 Å². The maximum Gasteiger partial charge on any atom is 0.388 e. The van der Waals surface area contributed by atoms with Gasteiger partial charge in [-0.15, -0.1) is 0 Å². The van der Waals surface area contributed by atoms with Crippen LogP contribution in [0.2, 0.25) is 0 Å². The summed E-state index contributed by atoms with van der Waals surface area (Å²) in [4.78, 5) is 8.51. The minimum absolute atomic E-state index is 0.197. The highest BCUT2D eigenvalue weighted by Gasteiger charge is 2.46. The van der Waals surface area contributed by atoms with Crippen LogP contribution in [-0.4, -0.2) is 29.9 Å². The maximum atomic E-state index is 12.9. The van der Waals surface area contributed by atoms with Crippen molar-refractivity contribution in [3.05, 3.63) is 82.8 Å². The van der Waals surface area contributed by atoms with Gasteiger partial charge in [-0.25, -0.2) is 4.98 Å². The molecule has 3 aromatic rings. The number of nitrogens with one attached hydrogen (secondary N) is 1. The van der Waals surface area contributed by atoms with E-state index in [4.69, 9.17) is 10.5 Å². The lowest BCUT2D eigenvalue weighted by molar-refractivity contribution is -0.0530. The molecule has 0 fully saturated rings. The largest absolute Gasteiger partial charge is 0.493 e. The van der Waals surface area contributed by atoms with Gasteiger partial charge in [-0.05, 0) is 42.3 Å². The molecule has 2 atom stereocenters. The van der Waals surface area contributed by atoms with Crippen molar-refractivity contribution in [1.82, 2.24) is 15.3 Å². The first-order valence-corrected chi connectivity index (χ1v) is 10.2. The number of nitrogens with zero attached hydrogens (tertiary/aromatic N) is 2. The van der Waals surface area contributed by atoms with Crippen LogP contribution in [0.4, 0.5) is 13.2 Å². The summed E-state index contributed by atoms with van der Waals surface area (Å²) in [6.07, 6.45) is 1.33. The fourth-order valence-electron chi connectivity index (χ4n) is 4.08. The number of benzene rings is 1. The maximum absolute atomic E-state index is 12.9. The highest BCUT2D eigenvalue weighted by atomic mass is 19.3. The number of aromatic nitrogens is 2. The Morgan fingerprint density at radius 2 is 2.00 bits per heavy atom. The van der Waals surface area contributed by atoms with Crippen LogP contribution in [0.15, 0.2) is 54.7 Å². The van der Waals surface area contributed by atoms with E-state index in [9.17, 15) is 13.2 Å². The number of nitrogens with two attached hydrogens (primary N) is 1. The third-order valence-corrected chi connectivity index (χ3v) is 5.30. The zero-order valence-corrected chi connectivity index (χ0v) is 17.4. The van der Waals surface area contributed by atoms with E-state index in [1.165, 1.54) is 6.07 Å². The first-order valence-electron chi connectivity index (χ1n) is 10.2. The van der Waals surface area contributed by atoms with Gasteiger partial charge in [0.25, 0.3) is 0 Å². The number of hydrogen-bond donors (Lipinski definition) is 2. The zero-order chi connectivity index (χ0) is 22.7. The van der Waals surface area contributed by atoms with Crippen molar-refractivity contribution in [3.8, 4) is 11.6 Å². The Balaban J connectivity index is 1.90. The van der Waals surface area contributed by atoms with Gasteiger partial charge in [-0.3, -0.25) is 14.7 Å². The number of fused-ring (bicyclic) bond motifs is 1. The van der Waals surface area contributed by atoms with Crippen LogP contribution in [0.3, 0.4) is 0 Å². The van der Waals surface area contributed by atoms with Gasteiger partial charge in [0.2, 0.25) is 5.88 Å². The van der Waals surface area contributed by atoms with Gasteiger partial charge in [0, 0.05) is 29.9 Å². The first-order chi connectivity index (χ1) is 15.4. The van der Waals surface area contributed by atoms with Crippen molar-refractivity contribution in [2.75, 3.05) is 13.3 Å². The average molecular weight is 444 g/mol. The Kier molecular flexibility index (Phi) is 6.29. The second kappa shape index (κ2) is 9.13. The summed E-state index contributed by atoms with van der Waals surface area (Å²) < 4.78 is 48.6.